The number of aliphatic hydroxyl groups is 1. The Labute approximate surface area is 130 Å². The quantitative estimate of drug-likeness (QED) is 0.754. The topological polar surface area (TPSA) is 82.0 Å². The van der Waals surface area contributed by atoms with Gasteiger partial charge in [-0.05, 0) is 24.1 Å². The van der Waals surface area contributed by atoms with E-state index in [1.165, 1.54) is 7.11 Å². The number of nitrogens with zero attached hydrogens (tertiary/aromatic N) is 1. The van der Waals surface area contributed by atoms with Crippen LogP contribution in [0.5, 0.6) is 11.5 Å². The van der Waals surface area contributed by atoms with E-state index in [1.807, 2.05) is 0 Å². The number of nitrogens with one attached hydrogen (secondary N) is 1. The summed E-state index contributed by atoms with van der Waals surface area (Å²) in [5.41, 5.74) is 0.869. The van der Waals surface area contributed by atoms with Crippen molar-refractivity contribution in [2.24, 2.45) is 0 Å². The number of carbonyl (C=O) groups is 1. The van der Waals surface area contributed by atoms with Crippen molar-refractivity contribution < 1.29 is 19.7 Å². The molecule has 2 rings (SSSR count). The standard InChI is InChI=1S/C14H20N2O4.ClH/c1-16(14(19)11-6-10(17)7-15-11)8-9-3-4-12(18)13(5-9)20-2;/h3-5,10-11,15,17-18H,6-8H2,1-2H3;1H. The van der Waals surface area contributed by atoms with Gasteiger partial charge in [0, 0.05) is 20.1 Å². The highest BCUT2D eigenvalue weighted by Crippen LogP contribution is 2.26. The second kappa shape index (κ2) is 7.49. The lowest BCUT2D eigenvalue weighted by Gasteiger charge is -2.21. The number of ether oxygens (including phenoxy) is 1. The van der Waals surface area contributed by atoms with Crippen molar-refractivity contribution in [3.63, 3.8) is 0 Å². The van der Waals surface area contributed by atoms with Crippen LogP contribution >= 0.6 is 12.4 Å². The zero-order valence-electron chi connectivity index (χ0n) is 12.1. The molecule has 3 N–H and O–H groups in total. The molecular formula is C14H21ClN2O4. The first-order valence-corrected chi connectivity index (χ1v) is 6.53. The molecule has 21 heavy (non-hydrogen) atoms. The van der Waals surface area contributed by atoms with Crippen molar-refractivity contribution >= 4 is 18.3 Å². The SMILES string of the molecule is COc1cc(CN(C)C(=O)C2CC(O)CN2)ccc1O.Cl. The Morgan fingerprint density at radius 1 is 1.52 bits per heavy atom. The van der Waals surface area contributed by atoms with E-state index in [9.17, 15) is 15.0 Å². The number of amides is 1. The maximum Gasteiger partial charge on any atom is 0.239 e. The van der Waals surface area contributed by atoms with Crippen LogP contribution in [0.3, 0.4) is 0 Å². The number of benzene rings is 1. The Morgan fingerprint density at radius 2 is 2.24 bits per heavy atom. The van der Waals surface area contributed by atoms with E-state index in [2.05, 4.69) is 5.32 Å². The molecule has 2 atom stereocenters. The second-order valence-corrected chi connectivity index (χ2v) is 5.05. The fraction of sp³-hybridized carbons (Fsp3) is 0.500. The number of aromatic hydroxyl groups is 1. The predicted octanol–water partition coefficient (Wildman–Crippen LogP) is 0.504. The molecule has 0 radical (unpaired) electrons. The summed E-state index contributed by atoms with van der Waals surface area (Å²) < 4.78 is 5.04. The largest absolute Gasteiger partial charge is 0.504 e. The number of phenolic OH excluding ortho intramolecular Hbond substituents is 1. The Kier molecular flexibility index (Phi) is 6.26. The van der Waals surface area contributed by atoms with Crippen LogP contribution in [0.25, 0.3) is 0 Å². The Hall–Kier alpha value is -1.50. The second-order valence-electron chi connectivity index (χ2n) is 5.05. The van der Waals surface area contributed by atoms with E-state index < -0.39 is 6.10 Å². The lowest BCUT2D eigenvalue weighted by atomic mass is 10.1. The third-order valence-electron chi connectivity index (χ3n) is 3.45. The molecule has 0 spiro atoms. The molecule has 1 aromatic rings. The average molecular weight is 317 g/mol. The Morgan fingerprint density at radius 3 is 2.81 bits per heavy atom. The highest BCUT2D eigenvalue weighted by atomic mass is 35.5. The lowest BCUT2D eigenvalue weighted by Crippen LogP contribution is -2.41. The summed E-state index contributed by atoms with van der Waals surface area (Å²) in [6.07, 6.45) is -0.00617. The molecule has 0 bridgehead atoms. The summed E-state index contributed by atoms with van der Waals surface area (Å²) in [5.74, 6) is 0.414. The van der Waals surface area contributed by atoms with Crippen LogP contribution in [0.1, 0.15) is 12.0 Å². The first-order valence-electron chi connectivity index (χ1n) is 6.53. The summed E-state index contributed by atoms with van der Waals surface area (Å²) in [6, 6.07) is 4.67. The van der Waals surface area contributed by atoms with Gasteiger partial charge in [0.25, 0.3) is 0 Å². The average Bonchev–Trinajstić information content (AvgIpc) is 2.86. The van der Waals surface area contributed by atoms with Gasteiger partial charge in [-0.15, -0.1) is 12.4 Å². The van der Waals surface area contributed by atoms with Crippen LogP contribution < -0.4 is 10.1 Å². The molecule has 0 aromatic heterocycles. The van der Waals surface area contributed by atoms with Gasteiger partial charge in [0.1, 0.15) is 0 Å². The van der Waals surface area contributed by atoms with Crippen molar-refractivity contribution in [2.75, 3.05) is 20.7 Å². The van der Waals surface area contributed by atoms with E-state index in [4.69, 9.17) is 4.74 Å². The van der Waals surface area contributed by atoms with Crippen LogP contribution in [-0.2, 0) is 11.3 Å². The third kappa shape index (κ3) is 4.23. The predicted molar refractivity (Wildman–Crippen MR) is 80.8 cm³/mol. The summed E-state index contributed by atoms with van der Waals surface area (Å²) in [4.78, 5) is 13.8. The fourth-order valence-electron chi connectivity index (χ4n) is 2.34. The summed E-state index contributed by atoms with van der Waals surface area (Å²) in [6.45, 7) is 0.876. The number of phenols is 1. The minimum Gasteiger partial charge on any atom is -0.504 e. The van der Waals surface area contributed by atoms with Gasteiger partial charge < -0.3 is 25.2 Å². The number of hydrogen-bond acceptors (Lipinski definition) is 5. The molecule has 6 nitrogen and oxygen atoms in total. The summed E-state index contributed by atoms with van der Waals surface area (Å²) in [5, 5.41) is 22.0. The van der Waals surface area contributed by atoms with E-state index in [0.29, 0.717) is 25.3 Å². The molecule has 1 aliphatic heterocycles. The van der Waals surface area contributed by atoms with Crippen molar-refractivity contribution in [1.82, 2.24) is 10.2 Å². The van der Waals surface area contributed by atoms with Crippen molar-refractivity contribution in [3.05, 3.63) is 23.8 Å². The zero-order chi connectivity index (χ0) is 14.7. The molecule has 2 unspecified atom stereocenters. The molecule has 1 aliphatic rings. The van der Waals surface area contributed by atoms with Gasteiger partial charge in [0.05, 0.1) is 19.3 Å². The Bertz CT molecular complexity index is 498. The monoisotopic (exact) mass is 316 g/mol. The number of hydrogen-bond donors (Lipinski definition) is 3. The number of halogens is 1. The molecule has 0 saturated carbocycles. The Balaban J connectivity index is 0.00000220. The van der Waals surface area contributed by atoms with Crippen LogP contribution in [0.2, 0.25) is 0 Å². The minimum atomic E-state index is -0.453. The van der Waals surface area contributed by atoms with Crippen LogP contribution in [0.4, 0.5) is 0 Å². The van der Waals surface area contributed by atoms with Gasteiger partial charge in [-0.1, -0.05) is 6.07 Å². The molecule has 1 saturated heterocycles. The normalized spacial score (nSPS) is 20.7. The minimum absolute atomic E-state index is 0. The van der Waals surface area contributed by atoms with E-state index in [1.54, 1.807) is 30.1 Å². The van der Waals surface area contributed by atoms with E-state index in [0.717, 1.165) is 5.56 Å². The zero-order valence-corrected chi connectivity index (χ0v) is 12.9. The van der Waals surface area contributed by atoms with Gasteiger partial charge in [-0.25, -0.2) is 0 Å². The van der Waals surface area contributed by atoms with Gasteiger partial charge in [-0.2, -0.15) is 0 Å². The molecule has 7 heteroatoms. The highest BCUT2D eigenvalue weighted by Gasteiger charge is 2.30. The summed E-state index contributed by atoms with van der Waals surface area (Å²) >= 11 is 0. The maximum absolute atomic E-state index is 12.2. The van der Waals surface area contributed by atoms with Crippen molar-refractivity contribution in [1.29, 1.82) is 0 Å². The molecule has 1 amide bonds. The molecule has 1 heterocycles. The number of rotatable bonds is 4. The molecular weight excluding hydrogens is 296 g/mol. The van der Waals surface area contributed by atoms with Gasteiger partial charge in [0.2, 0.25) is 5.91 Å². The van der Waals surface area contributed by atoms with Gasteiger partial charge in [0.15, 0.2) is 11.5 Å². The number of β-amino-alcohol motifs (C(OH)–C–C–N with tert-alkyl or cyclic N) is 1. The number of aliphatic hydroxyl groups excluding tert-OH is 1. The fourth-order valence-corrected chi connectivity index (χ4v) is 2.34. The highest BCUT2D eigenvalue weighted by molar-refractivity contribution is 5.85. The molecule has 0 aliphatic carbocycles. The first-order chi connectivity index (χ1) is 9.51. The van der Waals surface area contributed by atoms with E-state index >= 15 is 0 Å². The number of methoxy groups -OCH3 is 1. The molecule has 118 valence electrons. The maximum atomic E-state index is 12.2. The summed E-state index contributed by atoms with van der Waals surface area (Å²) in [7, 11) is 3.20. The first kappa shape index (κ1) is 17.6. The third-order valence-corrected chi connectivity index (χ3v) is 3.45. The lowest BCUT2D eigenvalue weighted by molar-refractivity contribution is -0.132. The smallest absolute Gasteiger partial charge is 0.239 e. The van der Waals surface area contributed by atoms with Crippen LogP contribution in [-0.4, -0.2) is 53.9 Å². The van der Waals surface area contributed by atoms with Crippen LogP contribution in [0, 0.1) is 0 Å². The van der Waals surface area contributed by atoms with Crippen molar-refractivity contribution in [3.8, 4) is 11.5 Å². The number of likely N-dealkylation sites (N-methyl/N-ethyl adjacent to an activating group) is 1. The molecule has 1 aromatic carbocycles. The van der Waals surface area contributed by atoms with Crippen LogP contribution in [0.15, 0.2) is 18.2 Å². The molecule has 1 fully saturated rings. The van der Waals surface area contributed by atoms with Gasteiger partial charge >= 0.3 is 0 Å². The van der Waals surface area contributed by atoms with Crippen molar-refractivity contribution in [2.45, 2.75) is 25.1 Å². The van der Waals surface area contributed by atoms with Gasteiger partial charge in [-0.3, -0.25) is 4.79 Å². The van der Waals surface area contributed by atoms with E-state index in [-0.39, 0.29) is 30.1 Å². The number of carbonyl (C=O) groups excluding carboxylic acids is 1.